The Morgan fingerprint density at radius 2 is 1.94 bits per heavy atom. The van der Waals surface area contributed by atoms with E-state index in [1.54, 1.807) is 11.3 Å². The lowest BCUT2D eigenvalue weighted by Gasteiger charge is -2.19. The maximum Gasteiger partial charge on any atom is 0.191 e. The molecule has 1 heterocycles. The molecule has 0 spiro atoms. The zero-order valence-electron chi connectivity index (χ0n) is 10.3. The van der Waals surface area contributed by atoms with Gasteiger partial charge >= 0.3 is 0 Å². The molecule has 0 atom stereocenters. The van der Waals surface area contributed by atoms with E-state index < -0.39 is 0 Å². The smallest absolute Gasteiger partial charge is 0.191 e. The van der Waals surface area contributed by atoms with E-state index in [4.69, 9.17) is 23.2 Å². The maximum absolute atomic E-state index is 6.05. The van der Waals surface area contributed by atoms with Gasteiger partial charge in [-0.15, -0.1) is 11.6 Å². The van der Waals surface area contributed by atoms with E-state index >= 15 is 0 Å². The highest BCUT2D eigenvalue weighted by Gasteiger charge is 2.15. The monoisotopic (exact) mass is 300 g/mol. The maximum atomic E-state index is 6.05. The van der Waals surface area contributed by atoms with Crippen molar-refractivity contribution in [1.29, 1.82) is 0 Å². The molecule has 5 heteroatoms. The van der Waals surface area contributed by atoms with E-state index in [1.165, 1.54) is 5.56 Å². The topological polar surface area (TPSA) is 16.1 Å². The predicted molar refractivity (Wildman–Crippen MR) is 80.5 cm³/mol. The molecular weight excluding hydrogens is 287 g/mol. The first-order valence-electron chi connectivity index (χ1n) is 5.71. The molecule has 0 saturated carbocycles. The molecule has 18 heavy (non-hydrogen) atoms. The number of aryl methyl sites for hydroxylation is 1. The van der Waals surface area contributed by atoms with Crippen molar-refractivity contribution in [3.05, 3.63) is 39.9 Å². The van der Waals surface area contributed by atoms with Gasteiger partial charge in [0.05, 0.1) is 10.8 Å². The highest BCUT2D eigenvalue weighted by molar-refractivity contribution is 7.16. The summed E-state index contributed by atoms with van der Waals surface area (Å²) < 4.78 is 0. The molecule has 1 aromatic heterocycles. The third-order valence-electron chi connectivity index (χ3n) is 2.65. The molecule has 0 saturated heterocycles. The van der Waals surface area contributed by atoms with Crippen LogP contribution in [-0.2, 0) is 5.88 Å². The number of aromatic nitrogens is 1. The number of halogens is 2. The Morgan fingerprint density at radius 3 is 2.44 bits per heavy atom. The molecular formula is C13H14Cl2N2S. The average molecular weight is 301 g/mol. The zero-order chi connectivity index (χ0) is 13.1. The summed E-state index contributed by atoms with van der Waals surface area (Å²) in [4.78, 5) is 7.42. The SMILES string of the molecule is CCN(c1ccc(C)cc1)c1nc(Cl)c(CCl)s1. The van der Waals surface area contributed by atoms with Crippen LogP contribution < -0.4 is 4.90 Å². The van der Waals surface area contributed by atoms with E-state index in [2.05, 4.69) is 48.0 Å². The third kappa shape index (κ3) is 2.79. The van der Waals surface area contributed by atoms with Gasteiger partial charge in [-0.2, -0.15) is 0 Å². The molecule has 0 bridgehead atoms. The highest BCUT2D eigenvalue weighted by Crippen LogP contribution is 2.34. The molecule has 0 aliphatic heterocycles. The fraction of sp³-hybridized carbons (Fsp3) is 0.308. The van der Waals surface area contributed by atoms with Crippen molar-refractivity contribution in [2.75, 3.05) is 11.4 Å². The number of rotatable bonds is 4. The van der Waals surface area contributed by atoms with E-state index in [9.17, 15) is 0 Å². The first kappa shape index (κ1) is 13.7. The minimum absolute atomic E-state index is 0.405. The molecule has 0 aliphatic rings. The van der Waals surface area contributed by atoms with Crippen molar-refractivity contribution < 1.29 is 0 Å². The van der Waals surface area contributed by atoms with Gasteiger partial charge in [-0.25, -0.2) is 4.98 Å². The second-order valence-electron chi connectivity index (χ2n) is 3.92. The molecule has 2 aromatic rings. The van der Waals surface area contributed by atoms with Gasteiger partial charge in [-0.05, 0) is 26.0 Å². The second kappa shape index (κ2) is 5.91. The van der Waals surface area contributed by atoms with Crippen LogP contribution in [0, 0.1) is 6.92 Å². The summed E-state index contributed by atoms with van der Waals surface area (Å²) in [5.41, 5.74) is 2.36. The molecule has 0 unspecified atom stereocenters. The average Bonchev–Trinajstić information content (AvgIpc) is 2.74. The lowest BCUT2D eigenvalue weighted by Crippen LogP contribution is -2.15. The summed E-state index contributed by atoms with van der Waals surface area (Å²) in [7, 11) is 0. The van der Waals surface area contributed by atoms with E-state index in [0.29, 0.717) is 11.0 Å². The summed E-state index contributed by atoms with van der Waals surface area (Å²) >= 11 is 13.4. The zero-order valence-corrected chi connectivity index (χ0v) is 12.6. The summed E-state index contributed by atoms with van der Waals surface area (Å²) in [5, 5.41) is 1.40. The quantitative estimate of drug-likeness (QED) is 0.739. The Balaban J connectivity index is 2.35. The van der Waals surface area contributed by atoms with Crippen LogP contribution in [0.4, 0.5) is 10.8 Å². The Kier molecular flexibility index (Phi) is 4.49. The van der Waals surface area contributed by atoms with Crippen LogP contribution >= 0.6 is 34.5 Å². The minimum Gasteiger partial charge on any atom is -0.318 e. The largest absolute Gasteiger partial charge is 0.318 e. The van der Waals surface area contributed by atoms with Crippen LogP contribution in [0.15, 0.2) is 24.3 Å². The number of anilines is 2. The molecule has 0 amide bonds. The van der Waals surface area contributed by atoms with Crippen molar-refractivity contribution in [3.8, 4) is 0 Å². The third-order valence-corrected chi connectivity index (χ3v) is 4.58. The first-order valence-corrected chi connectivity index (χ1v) is 7.44. The molecule has 2 nitrogen and oxygen atoms in total. The number of thiazole rings is 1. The minimum atomic E-state index is 0.405. The van der Waals surface area contributed by atoms with Gasteiger partial charge in [-0.3, -0.25) is 0 Å². The van der Waals surface area contributed by atoms with Gasteiger partial charge in [0.2, 0.25) is 0 Å². The van der Waals surface area contributed by atoms with Crippen LogP contribution in [0.25, 0.3) is 0 Å². The first-order chi connectivity index (χ1) is 8.65. The molecule has 0 radical (unpaired) electrons. The van der Waals surface area contributed by atoms with Crippen LogP contribution in [0.3, 0.4) is 0 Å². The Bertz CT molecular complexity index is 522. The van der Waals surface area contributed by atoms with Gasteiger partial charge in [0.15, 0.2) is 5.13 Å². The fourth-order valence-electron chi connectivity index (χ4n) is 1.67. The van der Waals surface area contributed by atoms with Crippen LogP contribution in [-0.4, -0.2) is 11.5 Å². The van der Waals surface area contributed by atoms with Crippen molar-refractivity contribution >= 4 is 45.4 Å². The van der Waals surface area contributed by atoms with Crippen LogP contribution in [0.2, 0.25) is 5.15 Å². The normalized spacial score (nSPS) is 10.7. The highest BCUT2D eigenvalue weighted by atomic mass is 35.5. The molecule has 0 aliphatic carbocycles. The summed E-state index contributed by atoms with van der Waals surface area (Å²) in [6.07, 6.45) is 0. The number of nitrogens with zero attached hydrogens (tertiary/aromatic N) is 2. The number of alkyl halides is 1. The van der Waals surface area contributed by atoms with Crippen LogP contribution in [0.5, 0.6) is 0 Å². The summed E-state index contributed by atoms with van der Waals surface area (Å²) in [5.74, 6) is 0.405. The molecule has 0 N–H and O–H groups in total. The standard InChI is InChI=1S/C13H14Cl2N2S/c1-3-17(10-6-4-9(2)5-7-10)13-16-12(15)11(8-14)18-13/h4-7H,3,8H2,1-2H3. The molecule has 1 aromatic carbocycles. The predicted octanol–water partition coefficient (Wildman–Crippen LogP) is 5.00. The van der Waals surface area contributed by atoms with E-state index in [-0.39, 0.29) is 0 Å². The second-order valence-corrected chi connectivity index (χ2v) is 5.61. The Labute approximate surface area is 121 Å². The van der Waals surface area contributed by atoms with Crippen LogP contribution in [0.1, 0.15) is 17.4 Å². The van der Waals surface area contributed by atoms with Crippen molar-refractivity contribution in [3.63, 3.8) is 0 Å². The molecule has 0 fully saturated rings. The van der Waals surface area contributed by atoms with Crippen molar-refractivity contribution in [2.45, 2.75) is 19.7 Å². The lowest BCUT2D eigenvalue weighted by molar-refractivity contribution is 1.01. The summed E-state index contributed by atoms with van der Waals surface area (Å²) in [6, 6.07) is 8.37. The van der Waals surface area contributed by atoms with Crippen molar-refractivity contribution in [2.24, 2.45) is 0 Å². The number of hydrogen-bond donors (Lipinski definition) is 0. The van der Waals surface area contributed by atoms with Crippen molar-refractivity contribution in [1.82, 2.24) is 4.98 Å². The molecule has 96 valence electrons. The number of hydrogen-bond acceptors (Lipinski definition) is 3. The van der Waals surface area contributed by atoms with Gasteiger partial charge in [-0.1, -0.05) is 40.6 Å². The lowest BCUT2D eigenvalue weighted by atomic mass is 10.2. The van der Waals surface area contributed by atoms with Gasteiger partial charge in [0.25, 0.3) is 0 Å². The van der Waals surface area contributed by atoms with E-state index in [0.717, 1.165) is 22.2 Å². The summed E-state index contributed by atoms with van der Waals surface area (Å²) in [6.45, 7) is 5.01. The Hall–Kier alpha value is -0.770. The molecule has 2 rings (SSSR count). The number of benzene rings is 1. The van der Waals surface area contributed by atoms with Gasteiger partial charge in [0.1, 0.15) is 5.15 Å². The van der Waals surface area contributed by atoms with E-state index in [1.807, 2.05) is 0 Å². The Morgan fingerprint density at radius 1 is 1.28 bits per heavy atom. The van der Waals surface area contributed by atoms with Gasteiger partial charge < -0.3 is 4.90 Å². The fourth-order valence-corrected chi connectivity index (χ4v) is 3.23. The van der Waals surface area contributed by atoms with Gasteiger partial charge in [0, 0.05) is 12.2 Å².